The van der Waals surface area contributed by atoms with Gasteiger partial charge in [-0.15, -0.1) is 0 Å². The van der Waals surface area contributed by atoms with E-state index in [4.69, 9.17) is 10.5 Å². The summed E-state index contributed by atoms with van der Waals surface area (Å²) >= 11 is 0. The molecule has 1 aliphatic carbocycles. The van der Waals surface area contributed by atoms with E-state index >= 15 is 0 Å². The predicted molar refractivity (Wildman–Crippen MR) is 82.8 cm³/mol. The number of nitrogens with two attached hydrogens (primary N) is 1. The molecular weight excluding hydrogens is 268 g/mol. The molecule has 0 bridgehead atoms. The summed E-state index contributed by atoms with van der Waals surface area (Å²) in [5.74, 6) is 2.34. The molecule has 1 heterocycles. The molecule has 0 amide bonds. The summed E-state index contributed by atoms with van der Waals surface area (Å²) < 4.78 is 5.02. The molecule has 0 saturated heterocycles. The summed E-state index contributed by atoms with van der Waals surface area (Å²) in [6.45, 7) is 3.03. The number of hydrogen-bond donors (Lipinski definition) is 3. The average Bonchev–Trinajstić information content (AvgIpc) is 2.46. The minimum atomic E-state index is -0.646. The lowest BCUT2D eigenvalue weighted by Gasteiger charge is -2.36. The smallest absolute Gasteiger partial charge is 0.158 e. The van der Waals surface area contributed by atoms with Gasteiger partial charge in [0.2, 0.25) is 0 Å². The van der Waals surface area contributed by atoms with E-state index < -0.39 is 5.60 Å². The highest BCUT2D eigenvalue weighted by Gasteiger charge is 2.32. The summed E-state index contributed by atoms with van der Waals surface area (Å²) in [5, 5.41) is 13.8. The quantitative estimate of drug-likeness (QED) is 0.742. The highest BCUT2D eigenvalue weighted by Crippen LogP contribution is 2.33. The van der Waals surface area contributed by atoms with E-state index in [9.17, 15) is 5.11 Å². The van der Waals surface area contributed by atoms with Crippen LogP contribution >= 0.6 is 0 Å². The molecule has 4 N–H and O–H groups in total. The molecule has 0 spiro atoms. The molecule has 0 radical (unpaired) electrons. The SMILES string of the molecule is CCC1CCC(O)(CNc2cc(N)nc(COC)n2)CC1. The first-order valence-electron chi connectivity index (χ1n) is 7.63. The zero-order valence-corrected chi connectivity index (χ0v) is 12.9. The largest absolute Gasteiger partial charge is 0.388 e. The summed E-state index contributed by atoms with van der Waals surface area (Å²) in [4.78, 5) is 8.43. The van der Waals surface area contributed by atoms with Gasteiger partial charge in [-0.2, -0.15) is 0 Å². The maximum absolute atomic E-state index is 10.6. The fourth-order valence-electron chi connectivity index (χ4n) is 2.86. The van der Waals surface area contributed by atoms with Crippen molar-refractivity contribution < 1.29 is 9.84 Å². The lowest BCUT2D eigenvalue weighted by molar-refractivity contribution is 0.00222. The normalized spacial score (nSPS) is 25.8. The monoisotopic (exact) mass is 294 g/mol. The van der Waals surface area contributed by atoms with Crippen molar-refractivity contribution in [1.82, 2.24) is 9.97 Å². The number of nitrogen functional groups attached to an aromatic ring is 1. The number of nitrogens with one attached hydrogen (secondary N) is 1. The second-order valence-corrected chi connectivity index (χ2v) is 5.96. The third-order valence-corrected chi connectivity index (χ3v) is 4.28. The Bertz CT molecular complexity index is 459. The molecule has 21 heavy (non-hydrogen) atoms. The Hall–Kier alpha value is -1.40. The van der Waals surface area contributed by atoms with Crippen LogP contribution in [0.15, 0.2) is 6.07 Å². The second-order valence-electron chi connectivity index (χ2n) is 5.96. The Morgan fingerprint density at radius 3 is 2.76 bits per heavy atom. The van der Waals surface area contributed by atoms with Gasteiger partial charge >= 0.3 is 0 Å². The molecule has 1 aromatic heterocycles. The maximum Gasteiger partial charge on any atom is 0.158 e. The molecule has 0 atom stereocenters. The highest BCUT2D eigenvalue weighted by atomic mass is 16.5. The molecule has 1 aromatic rings. The van der Waals surface area contributed by atoms with E-state index in [-0.39, 0.29) is 0 Å². The number of aliphatic hydroxyl groups is 1. The first-order valence-corrected chi connectivity index (χ1v) is 7.63. The Balaban J connectivity index is 1.93. The van der Waals surface area contributed by atoms with Crippen LogP contribution < -0.4 is 11.1 Å². The molecule has 1 fully saturated rings. The Labute approximate surface area is 126 Å². The number of aromatic nitrogens is 2. The van der Waals surface area contributed by atoms with Crippen LogP contribution in [0.2, 0.25) is 0 Å². The van der Waals surface area contributed by atoms with Gasteiger partial charge in [0.05, 0.1) is 5.60 Å². The van der Waals surface area contributed by atoms with Crippen LogP contribution in [0.4, 0.5) is 11.6 Å². The maximum atomic E-state index is 10.6. The van der Waals surface area contributed by atoms with Crippen molar-refractivity contribution >= 4 is 11.6 Å². The number of ether oxygens (including phenoxy) is 1. The van der Waals surface area contributed by atoms with Gasteiger partial charge in [0.15, 0.2) is 5.82 Å². The molecule has 6 nitrogen and oxygen atoms in total. The number of nitrogens with zero attached hydrogens (tertiary/aromatic N) is 2. The van der Waals surface area contributed by atoms with E-state index in [1.54, 1.807) is 13.2 Å². The van der Waals surface area contributed by atoms with Gasteiger partial charge in [0.25, 0.3) is 0 Å². The van der Waals surface area contributed by atoms with Gasteiger partial charge in [-0.3, -0.25) is 0 Å². The third kappa shape index (κ3) is 4.54. The van der Waals surface area contributed by atoms with Gasteiger partial charge < -0.3 is 20.9 Å². The molecule has 0 unspecified atom stereocenters. The Kier molecular flexibility index (Phi) is 5.36. The molecule has 0 aliphatic heterocycles. The predicted octanol–water partition coefficient (Wildman–Crippen LogP) is 1.95. The molecule has 6 heteroatoms. The summed E-state index contributed by atoms with van der Waals surface area (Å²) in [6.07, 6.45) is 5.06. The van der Waals surface area contributed by atoms with Crippen molar-refractivity contribution in [2.24, 2.45) is 5.92 Å². The first kappa shape index (κ1) is 16.0. The average molecular weight is 294 g/mol. The second kappa shape index (κ2) is 7.04. The van der Waals surface area contributed by atoms with Crippen LogP contribution in [0.3, 0.4) is 0 Å². The lowest BCUT2D eigenvalue weighted by Crippen LogP contribution is -2.40. The van der Waals surface area contributed by atoms with E-state index in [0.29, 0.717) is 30.6 Å². The molecular formula is C15H26N4O2. The minimum absolute atomic E-state index is 0.322. The molecule has 0 aromatic carbocycles. The first-order chi connectivity index (χ1) is 10.0. The van der Waals surface area contributed by atoms with E-state index in [0.717, 1.165) is 31.6 Å². The van der Waals surface area contributed by atoms with Crippen LogP contribution in [-0.4, -0.2) is 34.3 Å². The minimum Gasteiger partial charge on any atom is -0.388 e. The van der Waals surface area contributed by atoms with Gasteiger partial charge in [0.1, 0.15) is 18.2 Å². The topological polar surface area (TPSA) is 93.3 Å². The van der Waals surface area contributed by atoms with Gasteiger partial charge in [-0.1, -0.05) is 13.3 Å². The van der Waals surface area contributed by atoms with Crippen LogP contribution in [0.5, 0.6) is 0 Å². The highest BCUT2D eigenvalue weighted by molar-refractivity contribution is 5.44. The third-order valence-electron chi connectivity index (χ3n) is 4.28. The summed E-state index contributed by atoms with van der Waals surface area (Å²) in [5.41, 5.74) is 5.11. The van der Waals surface area contributed by atoms with Crippen molar-refractivity contribution in [2.45, 2.75) is 51.2 Å². The van der Waals surface area contributed by atoms with Crippen molar-refractivity contribution in [2.75, 3.05) is 24.7 Å². The van der Waals surface area contributed by atoms with Gasteiger partial charge in [0, 0.05) is 19.7 Å². The zero-order valence-electron chi connectivity index (χ0n) is 12.9. The number of anilines is 2. The Morgan fingerprint density at radius 2 is 2.14 bits per heavy atom. The van der Waals surface area contributed by atoms with Crippen LogP contribution in [0.25, 0.3) is 0 Å². The van der Waals surface area contributed by atoms with E-state index in [2.05, 4.69) is 22.2 Å². The van der Waals surface area contributed by atoms with Crippen LogP contribution in [0.1, 0.15) is 44.9 Å². The van der Waals surface area contributed by atoms with Crippen LogP contribution in [0, 0.1) is 5.92 Å². The summed E-state index contributed by atoms with van der Waals surface area (Å²) in [7, 11) is 1.59. The van der Waals surface area contributed by atoms with Crippen LogP contribution in [-0.2, 0) is 11.3 Å². The van der Waals surface area contributed by atoms with Gasteiger partial charge in [-0.25, -0.2) is 9.97 Å². The molecule has 1 saturated carbocycles. The van der Waals surface area contributed by atoms with E-state index in [1.165, 1.54) is 6.42 Å². The zero-order chi connectivity index (χ0) is 15.3. The molecule has 2 rings (SSSR count). The lowest BCUT2D eigenvalue weighted by atomic mass is 9.78. The Morgan fingerprint density at radius 1 is 1.43 bits per heavy atom. The van der Waals surface area contributed by atoms with Gasteiger partial charge in [-0.05, 0) is 31.6 Å². The van der Waals surface area contributed by atoms with E-state index in [1.807, 2.05) is 0 Å². The fourth-order valence-corrected chi connectivity index (χ4v) is 2.86. The number of methoxy groups -OCH3 is 1. The standard InChI is InChI=1S/C15H26N4O2/c1-3-11-4-6-15(20,7-5-11)10-17-13-8-12(16)18-14(19-13)9-21-2/h8,11,20H,3-7,9-10H2,1-2H3,(H3,16,17,18,19). The number of hydrogen-bond acceptors (Lipinski definition) is 6. The van der Waals surface area contributed by atoms with Crippen molar-refractivity contribution in [1.29, 1.82) is 0 Å². The number of rotatable bonds is 6. The van der Waals surface area contributed by atoms with Crippen molar-refractivity contribution in [3.05, 3.63) is 11.9 Å². The van der Waals surface area contributed by atoms with Crippen molar-refractivity contribution in [3.8, 4) is 0 Å². The fraction of sp³-hybridized carbons (Fsp3) is 0.733. The molecule has 118 valence electrons. The molecule has 1 aliphatic rings. The van der Waals surface area contributed by atoms with Crippen molar-refractivity contribution in [3.63, 3.8) is 0 Å². The summed E-state index contributed by atoms with van der Waals surface area (Å²) in [6, 6.07) is 1.68.